The normalized spacial score (nSPS) is 11.3. The molecule has 1 heterocycles. The molecule has 20 heavy (non-hydrogen) atoms. The van der Waals surface area contributed by atoms with E-state index in [-0.39, 0.29) is 4.75 Å². The Morgan fingerprint density at radius 3 is 2.75 bits per heavy atom. The van der Waals surface area contributed by atoms with Crippen molar-refractivity contribution in [2.24, 2.45) is 0 Å². The van der Waals surface area contributed by atoms with Crippen LogP contribution in [0.4, 0.5) is 0 Å². The molecule has 0 aliphatic heterocycles. The van der Waals surface area contributed by atoms with E-state index in [1.807, 2.05) is 24.3 Å². The van der Waals surface area contributed by atoms with Gasteiger partial charge in [0, 0.05) is 10.3 Å². The summed E-state index contributed by atoms with van der Waals surface area (Å²) in [7, 11) is 0. The summed E-state index contributed by atoms with van der Waals surface area (Å²) in [6, 6.07) is 9.78. The first-order valence-corrected chi connectivity index (χ1v) is 7.40. The van der Waals surface area contributed by atoms with E-state index in [1.54, 1.807) is 11.8 Å². The number of rotatable bonds is 4. The summed E-state index contributed by atoms with van der Waals surface area (Å²) in [6.07, 6.45) is 0.338. The third kappa shape index (κ3) is 3.84. The highest BCUT2D eigenvalue weighted by atomic mass is 32.2. The van der Waals surface area contributed by atoms with Crippen LogP contribution in [0.1, 0.15) is 32.2 Å². The Balaban J connectivity index is 2.19. The van der Waals surface area contributed by atoms with Crippen molar-refractivity contribution in [1.29, 1.82) is 5.26 Å². The average molecular weight is 287 g/mol. The summed E-state index contributed by atoms with van der Waals surface area (Å²) in [5.41, 5.74) is 1.75. The molecule has 104 valence electrons. The molecule has 0 spiro atoms. The molecule has 2 rings (SSSR count). The molecule has 0 N–H and O–H groups in total. The van der Waals surface area contributed by atoms with Crippen molar-refractivity contribution in [2.45, 2.75) is 37.7 Å². The van der Waals surface area contributed by atoms with Crippen LogP contribution in [0, 0.1) is 11.3 Å². The second kappa shape index (κ2) is 6.10. The first kappa shape index (κ1) is 14.6. The smallest absolute Gasteiger partial charge is 0.258 e. The first-order chi connectivity index (χ1) is 9.49. The number of benzene rings is 1. The second-order valence-corrected chi connectivity index (χ2v) is 7.21. The number of nitrogens with zero attached hydrogens (tertiary/aromatic N) is 3. The number of aromatic nitrogens is 2. The quantitative estimate of drug-likeness (QED) is 0.855. The molecular formula is C15H17N3OS. The molecule has 0 amide bonds. The van der Waals surface area contributed by atoms with Crippen molar-refractivity contribution in [1.82, 2.24) is 10.1 Å². The highest BCUT2D eigenvalue weighted by Crippen LogP contribution is 2.28. The third-order valence-corrected chi connectivity index (χ3v) is 3.89. The number of nitriles is 1. The van der Waals surface area contributed by atoms with Crippen LogP contribution in [-0.4, -0.2) is 14.9 Å². The van der Waals surface area contributed by atoms with Crippen molar-refractivity contribution in [2.75, 3.05) is 0 Å². The van der Waals surface area contributed by atoms with Crippen LogP contribution in [0.2, 0.25) is 0 Å². The van der Waals surface area contributed by atoms with Gasteiger partial charge in [-0.05, 0) is 11.6 Å². The molecule has 2 aromatic rings. The van der Waals surface area contributed by atoms with E-state index in [4.69, 9.17) is 9.78 Å². The molecule has 0 fully saturated rings. The predicted octanol–water partition coefficient (Wildman–Crippen LogP) is 3.83. The van der Waals surface area contributed by atoms with Gasteiger partial charge in [0.15, 0.2) is 5.82 Å². The highest BCUT2D eigenvalue weighted by Gasteiger charge is 2.15. The SMILES string of the molecule is CC(C)(C)SCc1noc(-c2ccccc2CC#N)n1. The second-order valence-electron chi connectivity index (χ2n) is 5.41. The van der Waals surface area contributed by atoms with Gasteiger partial charge in [-0.3, -0.25) is 0 Å². The fourth-order valence-corrected chi connectivity index (χ4v) is 2.35. The molecular weight excluding hydrogens is 270 g/mol. The molecule has 0 saturated heterocycles. The van der Waals surface area contributed by atoms with E-state index < -0.39 is 0 Å². The van der Waals surface area contributed by atoms with Crippen LogP contribution in [0.3, 0.4) is 0 Å². The molecule has 0 aliphatic carbocycles. The summed E-state index contributed by atoms with van der Waals surface area (Å²) in [5.74, 6) is 1.89. The predicted molar refractivity (Wildman–Crippen MR) is 80.1 cm³/mol. The molecule has 1 aromatic carbocycles. The van der Waals surface area contributed by atoms with Gasteiger partial charge < -0.3 is 4.52 Å². The maximum atomic E-state index is 8.85. The summed E-state index contributed by atoms with van der Waals surface area (Å²) >= 11 is 1.77. The third-order valence-electron chi connectivity index (χ3n) is 2.62. The molecule has 0 bridgehead atoms. The maximum absolute atomic E-state index is 8.85. The molecule has 0 atom stereocenters. The van der Waals surface area contributed by atoms with E-state index in [0.29, 0.717) is 23.9 Å². The van der Waals surface area contributed by atoms with E-state index in [9.17, 15) is 0 Å². The van der Waals surface area contributed by atoms with Crippen LogP contribution < -0.4 is 0 Å². The van der Waals surface area contributed by atoms with E-state index in [2.05, 4.69) is 37.0 Å². The lowest BCUT2D eigenvalue weighted by Crippen LogP contribution is -2.07. The average Bonchev–Trinajstić information content (AvgIpc) is 2.85. The molecule has 0 saturated carbocycles. The summed E-state index contributed by atoms with van der Waals surface area (Å²) < 4.78 is 5.49. The van der Waals surface area contributed by atoms with Crippen LogP contribution in [0.15, 0.2) is 28.8 Å². The van der Waals surface area contributed by atoms with Crippen molar-refractivity contribution in [3.05, 3.63) is 35.7 Å². The van der Waals surface area contributed by atoms with Gasteiger partial charge in [0.05, 0.1) is 18.2 Å². The zero-order chi connectivity index (χ0) is 14.6. The number of thioether (sulfide) groups is 1. The lowest BCUT2D eigenvalue weighted by molar-refractivity contribution is 0.425. The Kier molecular flexibility index (Phi) is 4.46. The van der Waals surface area contributed by atoms with Gasteiger partial charge in [-0.1, -0.05) is 44.1 Å². The molecule has 4 nitrogen and oxygen atoms in total. The van der Waals surface area contributed by atoms with Crippen LogP contribution in [-0.2, 0) is 12.2 Å². The van der Waals surface area contributed by atoms with Gasteiger partial charge in [0.25, 0.3) is 5.89 Å². The Morgan fingerprint density at radius 1 is 1.30 bits per heavy atom. The Bertz CT molecular complexity index is 623. The van der Waals surface area contributed by atoms with Gasteiger partial charge in [0.2, 0.25) is 0 Å². The molecule has 0 unspecified atom stereocenters. The van der Waals surface area contributed by atoms with Gasteiger partial charge >= 0.3 is 0 Å². The van der Waals surface area contributed by atoms with Gasteiger partial charge in [-0.2, -0.15) is 10.2 Å². The zero-order valence-corrected chi connectivity index (χ0v) is 12.7. The molecule has 0 radical (unpaired) electrons. The Labute approximate surface area is 123 Å². The highest BCUT2D eigenvalue weighted by molar-refractivity contribution is 7.99. The van der Waals surface area contributed by atoms with Crippen molar-refractivity contribution >= 4 is 11.8 Å². The van der Waals surface area contributed by atoms with Crippen LogP contribution in [0.5, 0.6) is 0 Å². The monoisotopic (exact) mass is 287 g/mol. The standard InChI is InChI=1S/C15H17N3OS/c1-15(2,3)20-10-13-17-14(19-18-13)12-7-5-4-6-11(12)8-9-16/h4-7H,8,10H2,1-3H3. The first-order valence-electron chi connectivity index (χ1n) is 6.41. The van der Waals surface area contributed by atoms with E-state index >= 15 is 0 Å². The largest absolute Gasteiger partial charge is 0.334 e. The zero-order valence-electron chi connectivity index (χ0n) is 11.9. The Morgan fingerprint density at radius 2 is 2.05 bits per heavy atom. The van der Waals surface area contributed by atoms with Gasteiger partial charge in [-0.25, -0.2) is 0 Å². The van der Waals surface area contributed by atoms with Crippen molar-refractivity contribution in [3.63, 3.8) is 0 Å². The lowest BCUT2D eigenvalue weighted by Gasteiger charge is -2.15. The molecule has 0 aliphatic rings. The van der Waals surface area contributed by atoms with E-state index in [0.717, 1.165) is 11.1 Å². The minimum atomic E-state index is 0.166. The summed E-state index contributed by atoms with van der Waals surface area (Å²) in [6.45, 7) is 6.46. The summed E-state index contributed by atoms with van der Waals surface area (Å²) in [5, 5.41) is 12.9. The fourth-order valence-electron chi connectivity index (χ4n) is 1.67. The lowest BCUT2D eigenvalue weighted by atomic mass is 10.1. The Hall–Kier alpha value is -1.80. The van der Waals surface area contributed by atoms with Crippen molar-refractivity contribution < 1.29 is 4.52 Å². The van der Waals surface area contributed by atoms with Crippen LogP contribution in [0.25, 0.3) is 11.5 Å². The van der Waals surface area contributed by atoms with Crippen molar-refractivity contribution in [3.8, 4) is 17.5 Å². The molecule has 5 heteroatoms. The minimum absolute atomic E-state index is 0.166. The maximum Gasteiger partial charge on any atom is 0.258 e. The minimum Gasteiger partial charge on any atom is -0.334 e. The number of hydrogen-bond donors (Lipinski definition) is 0. The number of hydrogen-bond acceptors (Lipinski definition) is 5. The summed E-state index contributed by atoms with van der Waals surface area (Å²) in [4.78, 5) is 4.42. The van der Waals surface area contributed by atoms with Gasteiger partial charge in [0.1, 0.15) is 0 Å². The molecule has 1 aromatic heterocycles. The van der Waals surface area contributed by atoms with E-state index in [1.165, 1.54) is 0 Å². The topological polar surface area (TPSA) is 62.7 Å². The fraction of sp³-hybridized carbons (Fsp3) is 0.400. The van der Waals surface area contributed by atoms with Crippen LogP contribution >= 0.6 is 11.8 Å². The van der Waals surface area contributed by atoms with Gasteiger partial charge in [-0.15, -0.1) is 11.8 Å².